The Hall–Kier alpha value is -1.87. The highest BCUT2D eigenvalue weighted by molar-refractivity contribution is 5.38. The Bertz CT molecular complexity index is 550. The molecule has 0 amide bonds. The number of para-hydroxylation sites is 1. The van der Waals surface area contributed by atoms with Gasteiger partial charge in [-0.1, -0.05) is 32.0 Å². The number of hydrogen-bond donors (Lipinski definition) is 1. The summed E-state index contributed by atoms with van der Waals surface area (Å²) in [6.07, 6.45) is 1.73. The Morgan fingerprint density at radius 3 is 2.53 bits per heavy atom. The Labute approximate surface area is 114 Å². The van der Waals surface area contributed by atoms with Crippen LogP contribution < -0.4 is 10.5 Å². The monoisotopic (exact) mass is 256 g/mol. The van der Waals surface area contributed by atoms with Crippen molar-refractivity contribution in [1.82, 2.24) is 4.98 Å². The summed E-state index contributed by atoms with van der Waals surface area (Å²) in [5, 5.41) is 0. The van der Waals surface area contributed by atoms with Crippen LogP contribution in [0, 0.1) is 0 Å². The Morgan fingerprint density at radius 2 is 1.84 bits per heavy atom. The molecule has 1 aromatic carbocycles. The Kier molecular flexibility index (Phi) is 4.17. The van der Waals surface area contributed by atoms with Crippen LogP contribution in [0.5, 0.6) is 11.6 Å². The molecule has 2 aromatic rings. The van der Waals surface area contributed by atoms with E-state index in [1.807, 2.05) is 37.3 Å². The first-order valence-electron chi connectivity index (χ1n) is 6.56. The number of pyridine rings is 1. The molecule has 0 saturated heterocycles. The molecule has 3 nitrogen and oxygen atoms in total. The summed E-state index contributed by atoms with van der Waals surface area (Å²) in [6.45, 7) is 6.24. The van der Waals surface area contributed by atoms with Crippen LogP contribution in [-0.4, -0.2) is 4.98 Å². The van der Waals surface area contributed by atoms with E-state index >= 15 is 0 Å². The van der Waals surface area contributed by atoms with E-state index < -0.39 is 0 Å². The van der Waals surface area contributed by atoms with Crippen molar-refractivity contribution in [2.75, 3.05) is 0 Å². The zero-order valence-corrected chi connectivity index (χ0v) is 11.6. The third-order valence-electron chi connectivity index (χ3n) is 3.04. The van der Waals surface area contributed by atoms with Gasteiger partial charge in [-0.05, 0) is 36.1 Å². The molecular weight excluding hydrogens is 236 g/mol. The smallest absolute Gasteiger partial charge is 0.219 e. The molecule has 100 valence electrons. The van der Waals surface area contributed by atoms with Gasteiger partial charge < -0.3 is 10.5 Å². The maximum atomic E-state index is 5.89. The quantitative estimate of drug-likeness (QED) is 0.898. The summed E-state index contributed by atoms with van der Waals surface area (Å²) < 4.78 is 5.89. The molecule has 0 saturated carbocycles. The van der Waals surface area contributed by atoms with E-state index in [2.05, 4.69) is 24.9 Å². The van der Waals surface area contributed by atoms with Crippen molar-refractivity contribution >= 4 is 0 Å². The number of aromatic nitrogens is 1. The van der Waals surface area contributed by atoms with Crippen LogP contribution in [0.4, 0.5) is 0 Å². The van der Waals surface area contributed by atoms with Gasteiger partial charge in [0.05, 0.1) is 0 Å². The maximum Gasteiger partial charge on any atom is 0.219 e. The molecule has 0 aliphatic heterocycles. The zero-order chi connectivity index (χ0) is 13.8. The average Bonchev–Trinajstić information content (AvgIpc) is 2.39. The predicted molar refractivity (Wildman–Crippen MR) is 77.4 cm³/mol. The number of hydrogen-bond acceptors (Lipinski definition) is 3. The van der Waals surface area contributed by atoms with Crippen molar-refractivity contribution in [1.29, 1.82) is 0 Å². The van der Waals surface area contributed by atoms with Crippen LogP contribution in [0.3, 0.4) is 0 Å². The molecule has 0 radical (unpaired) electrons. The first-order valence-corrected chi connectivity index (χ1v) is 6.56. The van der Waals surface area contributed by atoms with Gasteiger partial charge in [-0.3, -0.25) is 0 Å². The van der Waals surface area contributed by atoms with Crippen LogP contribution >= 0.6 is 0 Å². The zero-order valence-electron chi connectivity index (χ0n) is 11.6. The van der Waals surface area contributed by atoms with Gasteiger partial charge in [0.15, 0.2) is 0 Å². The molecule has 0 unspecified atom stereocenters. The molecule has 1 atom stereocenters. The lowest BCUT2D eigenvalue weighted by Crippen LogP contribution is -2.05. The lowest BCUT2D eigenvalue weighted by atomic mass is 10.0. The predicted octanol–water partition coefficient (Wildman–Crippen LogP) is 4.02. The molecular formula is C16H20N2O. The van der Waals surface area contributed by atoms with Gasteiger partial charge in [-0.15, -0.1) is 0 Å². The molecule has 0 fully saturated rings. The van der Waals surface area contributed by atoms with Crippen molar-refractivity contribution < 1.29 is 4.74 Å². The second kappa shape index (κ2) is 5.85. The van der Waals surface area contributed by atoms with E-state index in [9.17, 15) is 0 Å². The second-order valence-corrected chi connectivity index (χ2v) is 5.01. The summed E-state index contributed by atoms with van der Waals surface area (Å²) in [4.78, 5) is 4.24. The molecule has 1 aromatic heterocycles. The van der Waals surface area contributed by atoms with Gasteiger partial charge >= 0.3 is 0 Å². The number of ether oxygens (including phenoxy) is 1. The molecule has 19 heavy (non-hydrogen) atoms. The van der Waals surface area contributed by atoms with Crippen molar-refractivity contribution in [3.63, 3.8) is 0 Å². The fourth-order valence-electron chi connectivity index (χ4n) is 1.93. The van der Waals surface area contributed by atoms with Gasteiger partial charge in [-0.25, -0.2) is 4.98 Å². The number of rotatable bonds is 4. The molecule has 3 heteroatoms. The van der Waals surface area contributed by atoms with Gasteiger partial charge in [0.25, 0.3) is 0 Å². The number of nitrogens with two attached hydrogens (primary N) is 1. The van der Waals surface area contributed by atoms with E-state index in [4.69, 9.17) is 10.5 Å². The summed E-state index contributed by atoms with van der Waals surface area (Å²) in [5.74, 6) is 1.85. The summed E-state index contributed by atoms with van der Waals surface area (Å²) in [7, 11) is 0. The highest BCUT2D eigenvalue weighted by atomic mass is 16.5. The Morgan fingerprint density at radius 1 is 1.11 bits per heavy atom. The third-order valence-corrected chi connectivity index (χ3v) is 3.04. The van der Waals surface area contributed by atoms with Gasteiger partial charge in [0.2, 0.25) is 5.88 Å². The molecule has 2 N–H and O–H groups in total. The molecule has 0 spiro atoms. The van der Waals surface area contributed by atoms with Crippen molar-refractivity contribution in [3.05, 3.63) is 53.7 Å². The van der Waals surface area contributed by atoms with Crippen LogP contribution in [0.25, 0.3) is 0 Å². The van der Waals surface area contributed by atoms with E-state index in [1.54, 1.807) is 6.20 Å². The van der Waals surface area contributed by atoms with Gasteiger partial charge in [0.1, 0.15) is 5.75 Å². The van der Waals surface area contributed by atoms with Crippen LogP contribution in [0.15, 0.2) is 42.6 Å². The van der Waals surface area contributed by atoms with Gasteiger partial charge in [0, 0.05) is 18.3 Å². The molecule has 0 aliphatic carbocycles. The molecule has 0 bridgehead atoms. The van der Waals surface area contributed by atoms with E-state index in [0.717, 1.165) is 11.3 Å². The third kappa shape index (κ3) is 3.32. The molecule has 1 heterocycles. The topological polar surface area (TPSA) is 48.1 Å². The van der Waals surface area contributed by atoms with Crippen molar-refractivity contribution in [3.8, 4) is 11.6 Å². The Balaban J connectivity index is 2.29. The summed E-state index contributed by atoms with van der Waals surface area (Å²) >= 11 is 0. The lowest BCUT2D eigenvalue weighted by molar-refractivity contribution is 0.453. The summed E-state index contributed by atoms with van der Waals surface area (Å²) in [5.41, 5.74) is 8.07. The average molecular weight is 256 g/mol. The molecule has 2 rings (SSSR count). The van der Waals surface area contributed by atoms with Crippen molar-refractivity contribution in [2.45, 2.75) is 32.7 Å². The standard InChI is InChI=1S/C16H20N2O/c1-11(2)14-6-4-5-7-15(14)19-16-10-13(12(3)17)8-9-18-16/h4-12H,17H2,1-3H3/t12-/m1/s1. The van der Waals surface area contributed by atoms with E-state index in [1.165, 1.54) is 5.56 Å². The largest absolute Gasteiger partial charge is 0.439 e. The van der Waals surface area contributed by atoms with Crippen LogP contribution in [-0.2, 0) is 0 Å². The highest BCUT2D eigenvalue weighted by Crippen LogP contribution is 2.29. The fraction of sp³-hybridized carbons (Fsp3) is 0.312. The first kappa shape index (κ1) is 13.6. The van der Waals surface area contributed by atoms with E-state index in [0.29, 0.717) is 11.8 Å². The normalized spacial score (nSPS) is 12.5. The second-order valence-electron chi connectivity index (χ2n) is 5.01. The first-order chi connectivity index (χ1) is 9.08. The van der Waals surface area contributed by atoms with Gasteiger partial charge in [-0.2, -0.15) is 0 Å². The SMILES string of the molecule is CC(C)c1ccccc1Oc1cc([C@@H](C)N)ccn1. The highest BCUT2D eigenvalue weighted by Gasteiger charge is 2.09. The fourth-order valence-corrected chi connectivity index (χ4v) is 1.93. The van der Waals surface area contributed by atoms with Crippen molar-refractivity contribution in [2.24, 2.45) is 5.73 Å². The molecule has 0 aliphatic rings. The minimum atomic E-state index is -0.0225. The van der Waals surface area contributed by atoms with Crippen LogP contribution in [0.2, 0.25) is 0 Å². The lowest BCUT2D eigenvalue weighted by Gasteiger charge is -2.13. The number of benzene rings is 1. The number of nitrogens with zero attached hydrogens (tertiary/aromatic N) is 1. The van der Waals surface area contributed by atoms with E-state index in [-0.39, 0.29) is 6.04 Å². The minimum absolute atomic E-state index is 0.0225. The van der Waals surface area contributed by atoms with Crippen LogP contribution in [0.1, 0.15) is 43.9 Å². The maximum absolute atomic E-state index is 5.89. The minimum Gasteiger partial charge on any atom is -0.439 e. The summed E-state index contributed by atoms with van der Waals surface area (Å²) in [6, 6.07) is 11.8.